The summed E-state index contributed by atoms with van der Waals surface area (Å²) in [5.41, 5.74) is 1.43. The van der Waals surface area contributed by atoms with E-state index in [0.717, 1.165) is 4.68 Å². The molecule has 1 aliphatic heterocycles. The Bertz CT molecular complexity index is 981. The van der Waals surface area contributed by atoms with Gasteiger partial charge in [0.15, 0.2) is 5.78 Å². The van der Waals surface area contributed by atoms with Crippen LogP contribution in [0.2, 0.25) is 0 Å². The molecule has 2 heterocycles. The molecule has 4 rings (SSSR count). The Labute approximate surface area is 158 Å². The normalized spacial score (nSPS) is 19.0. The predicted molar refractivity (Wildman–Crippen MR) is 92.2 cm³/mol. The number of fused-ring (bicyclic) bond motifs is 1. The highest BCUT2D eigenvalue weighted by Crippen LogP contribution is 2.44. The molecule has 1 aromatic heterocycles. The van der Waals surface area contributed by atoms with Crippen molar-refractivity contribution in [1.82, 2.24) is 14.8 Å². The van der Waals surface area contributed by atoms with Gasteiger partial charge < -0.3 is 14.8 Å². The molecular weight excluding hydrogens is 377 g/mol. The van der Waals surface area contributed by atoms with Crippen molar-refractivity contribution in [3.05, 3.63) is 40.9 Å². The van der Waals surface area contributed by atoms with Crippen molar-refractivity contribution in [3.8, 4) is 11.5 Å². The quantitative estimate of drug-likeness (QED) is 0.861. The van der Waals surface area contributed by atoms with Crippen LogP contribution < -0.4 is 14.8 Å². The lowest BCUT2D eigenvalue weighted by atomic mass is 9.85. The van der Waals surface area contributed by atoms with Gasteiger partial charge in [-0.1, -0.05) is 0 Å². The summed E-state index contributed by atoms with van der Waals surface area (Å²) < 4.78 is 51.4. The van der Waals surface area contributed by atoms with Gasteiger partial charge in [0.1, 0.15) is 17.5 Å². The summed E-state index contributed by atoms with van der Waals surface area (Å²) in [6.07, 6.45) is -3.23. The van der Waals surface area contributed by atoms with Crippen LogP contribution in [0.1, 0.15) is 36.7 Å². The Morgan fingerprint density at radius 1 is 1.21 bits per heavy atom. The Kier molecular flexibility index (Phi) is 4.28. The third kappa shape index (κ3) is 2.88. The maximum absolute atomic E-state index is 13.2. The number of benzene rings is 1. The van der Waals surface area contributed by atoms with Crippen molar-refractivity contribution in [1.29, 1.82) is 0 Å². The van der Waals surface area contributed by atoms with Gasteiger partial charge >= 0.3 is 6.18 Å². The fourth-order valence-electron chi connectivity index (χ4n) is 3.62. The van der Waals surface area contributed by atoms with Gasteiger partial charge in [-0.2, -0.15) is 18.2 Å². The lowest BCUT2D eigenvalue weighted by Crippen LogP contribution is -2.31. The maximum Gasteiger partial charge on any atom is 0.453 e. The van der Waals surface area contributed by atoms with Gasteiger partial charge in [-0.05, 0) is 31.0 Å². The predicted octanol–water partition coefficient (Wildman–Crippen LogP) is 3.34. The third-order valence-electron chi connectivity index (χ3n) is 4.85. The van der Waals surface area contributed by atoms with Crippen LogP contribution >= 0.6 is 0 Å². The number of Topliss-reactive ketones (excluding diaryl/α,β-unsaturated/α-hetero) is 1. The second kappa shape index (κ2) is 6.54. The van der Waals surface area contributed by atoms with Crippen LogP contribution in [0, 0.1) is 0 Å². The molecular formula is C18H17F3N4O3. The van der Waals surface area contributed by atoms with E-state index in [4.69, 9.17) is 9.47 Å². The number of carbonyl (C=O) groups excluding carboxylic acids is 1. The fraction of sp³-hybridized carbons (Fsp3) is 0.389. The molecule has 1 N–H and O–H groups in total. The minimum Gasteiger partial charge on any atom is -0.497 e. The van der Waals surface area contributed by atoms with Crippen molar-refractivity contribution >= 4 is 11.7 Å². The number of nitrogens with one attached hydrogen (secondary N) is 1. The summed E-state index contributed by atoms with van der Waals surface area (Å²) in [6.45, 7) is 0. The van der Waals surface area contributed by atoms with Crippen molar-refractivity contribution < 1.29 is 27.4 Å². The third-order valence-corrected chi connectivity index (χ3v) is 4.85. The Morgan fingerprint density at radius 3 is 2.68 bits per heavy atom. The number of allylic oxidation sites excluding steroid dienone is 2. The van der Waals surface area contributed by atoms with Gasteiger partial charge in [0.25, 0.3) is 5.82 Å². The van der Waals surface area contributed by atoms with E-state index in [1.165, 1.54) is 14.2 Å². The molecule has 1 atom stereocenters. The number of ketones is 1. The van der Waals surface area contributed by atoms with Crippen molar-refractivity contribution in [2.75, 3.05) is 19.5 Å². The van der Waals surface area contributed by atoms with Gasteiger partial charge in [0, 0.05) is 23.3 Å². The first-order valence-corrected chi connectivity index (χ1v) is 8.62. The molecule has 1 unspecified atom stereocenters. The van der Waals surface area contributed by atoms with E-state index < -0.39 is 18.0 Å². The average molecular weight is 394 g/mol. The molecule has 0 radical (unpaired) electrons. The summed E-state index contributed by atoms with van der Waals surface area (Å²) in [5.74, 6) is -0.575. The topological polar surface area (TPSA) is 78.3 Å². The first kappa shape index (κ1) is 18.3. The van der Waals surface area contributed by atoms with Crippen LogP contribution in [0.15, 0.2) is 29.5 Å². The molecule has 0 saturated carbocycles. The molecule has 7 nitrogen and oxygen atoms in total. The smallest absolute Gasteiger partial charge is 0.453 e. The number of nitrogens with zero attached hydrogens (tertiary/aromatic N) is 3. The number of hydrogen-bond donors (Lipinski definition) is 1. The second-order valence-electron chi connectivity index (χ2n) is 6.51. The van der Waals surface area contributed by atoms with E-state index in [9.17, 15) is 18.0 Å². The monoisotopic (exact) mass is 394 g/mol. The SMILES string of the molecule is COc1ccc(OC)c(C2C3=C(CCCC3=O)Nc3nc(C(F)(F)F)nn32)c1. The van der Waals surface area contributed by atoms with Gasteiger partial charge in [0.05, 0.1) is 14.2 Å². The van der Waals surface area contributed by atoms with Crippen LogP contribution in [0.3, 0.4) is 0 Å². The van der Waals surface area contributed by atoms with Crippen LogP contribution in [0.25, 0.3) is 0 Å². The summed E-state index contributed by atoms with van der Waals surface area (Å²) in [5, 5.41) is 6.54. The summed E-state index contributed by atoms with van der Waals surface area (Å²) >= 11 is 0. The highest BCUT2D eigenvalue weighted by atomic mass is 19.4. The first-order valence-electron chi connectivity index (χ1n) is 8.62. The lowest BCUT2D eigenvalue weighted by Gasteiger charge is -2.32. The van der Waals surface area contributed by atoms with Gasteiger partial charge in [-0.25, -0.2) is 4.68 Å². The maximum atomic E-state index is 13.2. The molecule has 2 aromatic rings. The van der Waals surface area contributed by atoms with E-state index in [0.29, 0.717) is 47.6 Å². The van der Waals surface area contributed by atoms with Crippen molar-refractivity contribution in [2.45, 2.75) is 31.5 Å². The minimum absolute atomic E-state index is 0.0596. The number of hydrogen-bond acceptors (Lipinski definition) is 6. The molecule has 2 aliphatic rings. The molecule has 28 heavy (non-hydrogen) atoms. The molecule has 0 fully saturated rings. The molecule has 0 amide bonds. The molecule has 0 spiro atoms. The summed E-state index contributed by atoms with van der Waals surface area (Å²) in [6, 6.07) is 4.06. The number of alkyl halides is 3. The van der Waals surface area contributed by atoms with Crippen molar-refractivity contribution in [3.63, 3.8) is 0 Å². The first-order chi connectivity index (χ1) is 13.3. The van der Waals surface area contributed by atoms with Crippen LogP contribution in [0.4, 0.5) is 19.1 Å². The van der Waals surface area contributed by atoms with Gasteiger partial charge in [-0.3, -0.25) is 4.79 Å². The zero-order valence-electron chi connectivity index (χ0n) is 15.1. The molecule has 0 saturated heterocycles. The lowest BCUT2D eigenvalue weighted by molar-refractivity contribution is -0.145. The zero-order chi connectivity index (χ0) is 20.1. The zero-order valence-corrected chi connectivity index (χ0v) is 15.1. The van der Waals surface area contributed by atoms with Gasteiger partial charge in [0.2, 0.25) is 5.95 Å². The van der Waals surface area contributed by atoms with Crippen LogP contribution in [0.5, 0.6) is 11.5 Å². The van der Waals surface area contributed by atoms with E-state index in [1.807, 2.05) is 0 Å². The number of halogens is 3. The summed E-state index contributed by atoms with van der Waals surface area (Å²) in [7, 11) is 2.93. The number of carbonyl (C=O) groups is 1. The molecule has 148 valence electrons. The number of methoxy groups -OCH3 is 2. The Hall–Kier alpha value is -3.04. The Balaban J connectivity index is 1.96. The second-order valence-corrected chi connectivity index (χ2v) is 6.51. The Morgan fingerprint density at radius 2 is 2.00 bits per heavy atom. The molecule has 10 heteroatoms. The number of rotatable bonds is 3. The van der Waals surface area contributed by atoms with Crippen molar-refractivity contribution in [2.24, 2.45) is 0 Å². The molecule has 1 aromatic carbocycles. The largest absolute Gasteiger partial charge is 0.497 e. The number of anilines is 1. The van der Waals surface area contributed by atoms with Gasteiger partial charge in [-0.15, -0.1) is 5.10 Å². The minimum atomic E-state index is -4.71. The fourth-order valence-corrected chi connectivity index (χ4v) is 3.62. The van der Waals surface area contributed by atoms with E-state index >= 15 is 0 Å². The highest BCUT2D eigenvalue weighted by molar-refractivity contribution is 5.99. The van der Waals surface area contributed by atoms with Crippen LogP contribution in [-0.4, -0.2) is 34.8 Å². The molecule has 0 bridgehead atoms. The average Bonchev–Trinajstić information content (AvgIpc) is 3.10. The van der Waals surface area contributed by atoms with E-state index in [2.05, 4.69) is 15.4 Å². The van der Waals surface area contributed by atoms with Crippen LogP contribution in [-0.2, 0) is 11.0 Å². The summed E-state index contributed by atoms with van der Waals surface area (Å²) in [4.78, 5) is 16.3. The standard InChI is InChI=1S/C18H17F3N4O3/c1-27-9-6-7-13(28-2)10(8-9)15-14-11(4-3-5-12(14)26)22-17-23-16(18(19,20)21)24-25(15)17/h6-8,15H,3-5H2,1-2H3,(H,22,23,24). The van der Waals surface area contributed by atoms with E-state index in [-0.39, 0.29) is 11.7 Å². The highest BCUT2D eigenvalue weighted by Gasteiger charge is 2.43. The van der Waals surface area contributed by atoms with E-state index in [1.54, 1.807) is 18.2 Å². The number of ether oxygens (including phenoxy) is 2. The molecule has 1 aliphatic carbocycles. The number of aromatic nitrogens is 3.